The molecule has 0 amide bonds. The van der Waals surface area contributed by atoms with E-state index in [0.717, 1.165) is 0 Å². The molecule has 84 valence electrons. The van der Waals surface area contributed by atoms with Gasteiger partial charge in [0.2, 0.25) is 0 Å². The van der Waals surface area contributed by atoms with Crippen molar-refractivity contribution in [3.05, 3.63) is 11.6 Å². The van der Waals surface area contributed by atoms with Crippen molar-refractivity contribution >= 4 is 0 Å². The Kier molecular flexibility index (Phi) is 4.38. The zero-order valence-electron chi connectivity index (χ0n) is 10.6. The normalized spacial score (nSPS) is 23.9. The maximum Gasteiger partial charge on any atom is -0.0268 e. The number of hydrogen-bond acceptors (Lipinski definition) is 1. The minimum absolute atomic E-state index is 0. The van der Waals surface area contributed by atoms with E-state index in [1.165, 1.54) is 25.7 Å². The smallest absolute Gasteiger partial charge is 0.0268 e. The molecular weight excluding hydrogens is 170 g/mol. The molecule has 0 aromatic rings. The van der Waals surface area contributed by atoms with Gasteiger partial charge in [-0.1, -0.05) is 46.3 Å². The quantitative estimate of drug-likeness (QED) is 0.606. The second-order valence-electron chi connectivity index (χ2n) is 6.13. The number of rotatable bonds is 1. The molecule has 0 bridgehead atoms. The maximum absolute atomic E-state index is 2.43. The van der Waals surface area contributed by atoms with E-state index in [9.17, 15) is 0 Å². The molecule has 0 aromatic carbocycles. The predicted octanol–water partition coefficient (Wildman–Crippen LogP) is 4.72. The van der Waals surface area contributed by atoms with Gasteiger partial charge in [0.15, 0.2) is 0 Å². The summed E-state index contributed by atoms with van der Waals surface area (Å²) in [4.78, 5) is 0. The predicted molar refractivity (Wildman–Crippen MR) is 64.8 cm³/mol. The van der Waals surface area contributed by atoms with E-state index >= 15 is 0 Å². The Hall–Kier alpha value is -0.300. The van der Waals surface area contributed by atoms with Crippen molar-refractivity contribution < 1.29 is 0 Å². The molecule has 3 N–H and O–H groups in total. The van der Waals surface area contributed by atoms with Crippen LogP contribution in [-0.2, 0) is 0 Å². The Labute approximate surface area is 89.6 Å². The summed E-state index contributed by atoms with van der Waals surface area (Å²) in [6.07, 6.45) is 7.61. The highest BCUT2D eigenvalue weighted by molar-refractivity contribution is 5.11. The fraction of sp³-hybridized carbons (Fsp3) is 0.846. The second-order valence-corrected chi connectivity index (χ2v) is 6.13. The topological polar surface area (TPSA) is 35.0 Å². The largest absolute Gasteiger partial charge is 0.344 e. The Morgan fingerprint density at radius 1 is 1.07 bits per heavy atom. The number of hydrogen-bond donors (Lipinski definition) is 1. The summed E-state index contributed by atoms with van der Waals surface area (Å²) in [5, 5.41) is 0. The van der Waals surface area contributed by atoms with Gasteiger partial charge in [-0.2, -0.15) is 0 Å². The van der Waals surface area contributed by atoms with E-state index in [1.54, 1.807) is 5.57 Å². The van der Waals surface area contributed by atoms with Gasteiger partial charge in [-0.15, -0.1) is 0 Å². The van der Waals surface area contributed by atoms with Crippen molar-refractivity contribution in [2.24, 2.45) is 10.8 Å². The summed E-state index contributed by atoms with van der Waals surface area (Å²) in [7, 11) is 0. The molecule has 0 spiro atoms. The maximum atomic E-state index is 2.43. The molecule has 0 radical (unpaired) electrons. The van der Waals surface area contributed by atoms with Gasteiger partial charge in [-0.25, -0.2) is 0 Å². The van der Waals surface area contributed by atoms with Gasteiger partial charge in [-0.05, 0) is 36.5 Å². The molecule has 1 fully saturated rings. The van der Waals surface area contributed by atoms with Crippen molar-refractivity contribution in [2.45, 2.75) is 60.3 Å². The molecular formula is C13H27N. The molecule has 1 saturated carbocycles. The number of allylic oxidation sites excluding steroid dienone is 2. The van der Waals surface area contributed by atoms with Crippen molar-refractivity contribution in [3.63, 3.8) is 0 Å². The highest BCUT2D eigenvalue weighted by Gasteiger charge is 2.35. The summed E-state index contributed by atoms with van der Waals surface area (Å²) in [6, 6.07) is 0. The molecule has 1 aliphatic rings. The van der Waals surface area contributed by atoms with Crippen molar-refractivity contribution in [1.29, 1.82) is 0 Å². The van der Waals surface area contributed by atoms with Gasteiger partial charge < -0.3 is 6.15 Å². The van der Waals surface area contributed by atoms with E-state index in [1.807, 2.05) is 0 Å². The summed E-state index contributed by atoms with van der Waals surface area (Å²) in [6.45, 7) is 11.8. The first kappa shape index (κ1) is 13.7. The molecule has 0 unspecified atom stereocenters. The van der Waals surface area contributed by atoms with Gasteiger partial charge >= 0.3 is 0 Å². The highest BCUT2D eigenvalue weighted by Crippen LogP contribution is 2.47. The van der Waals surface area contributed by atoms with Crippen molar-refractivity contribution in [3.8, 4) is 0 Å². The fourth-order valence-corrected chi connectivity index (χ4v) is 3.15. The third-order valence-corrected chi connectivity index (χ3v) is 2.86. The van der Waals surface area contributed by atoms with Crippen LogP contribution in [0, 0.1) is 10.8 Å². The van der Waals surface area contributed by atoms with Crippen LogP contribution in [0.15, 0.2) is 11.6 Å². The van der Waals surface area contributed by atoms with E-state index in [2.05, 4.69) is 40.7 Å². The first-order chi connectivity index (χ1) is 5.85. The van der Waals surface area contributed by atoms with E-state index in [0.29, 0.717) is 10.8 Å². The summed E-state index contributed by atoms with van der Waals surface area (Å²) in [5.41, 5.74) is 2.72. The molecule has 0 atom stereocenters. The molecule has 0 saturated heterocycles. The molecule has 0 heterocycles. The fourth-order valence-electron chi connectivity index (χ4n) is 3.15. The van der Waals surface area contributed by atoms with Crippen LogP contribution in [0.3, 0.4) is 0 Å². The molecule has 1 aliphatic carbocycles. The lowest BCUT2D eigenvalue weighted by Gasteiger charge is -2.42. The summed E-state index contributed by atoms with van der Waals surface area (Å²) < 4.78 is 0. The minimum Gasteiger partial charge on any atom is -0.344 e. The van der Waals surface area contributed by atoms with E-state index in [4.69, 9.17) is 0 Å². The van der Waals surface area contributed by atoms with Gasteiger partial charge in [0, 0.05) is 0 Å². The SMILES string of the molecule is CCC=C1CC(C)(C)CC(C)(C)C1.N. The molecule has 0 aromatic heterocycles. The van der Waals surface area contributed by atoms with Crippen LogP contribution in [0.2, 0.25) is 0 Å². The average Bonchev–Trinajstić information content (AvgIpc) is 1.78. The minimum atomic E-state index is 0. The van der Waals surface area contributed by atoms with Crippen LogP contribution in [0.5, 0.6) is 0 Å². The van der Waals surface area contributed by atoms with Crippen LogP contribution in [0.1, 0.15) is 60.3 Å². The Bertz CT molecular complexity index is 193. The van der Waals surface area contributed by atoms with Gasteiger partial charge in [-0.3, -0.25) is 0 Å². The lowest BCUT2D eigenvalue weighted by molar-refractivity contribution is 0.153. The van der Waals surface area contributed by atoms with Gasteiger partial charge in [0.25, 0.3) is 0 Å². The lowest BCUT2D eigenvalue weighted by atomic mass is 9.63. The summed E-state index contributed by atoms with van der Waals surface area (Å²) in [5.74, 6) is 0. The van der Waals surface area contributed by atoms with Crippen LogP contribution >= 0.6 is 0 Å². The van der Waals surface area contributed by atoms with Crippen LogP contribution < -0.4 is 6.15 Å². The molecule has 1 rings (SSSR count). The van der Waals surface area contributed by atoms with Crippen LogP contribution in [-0.4, -0.2) is 0 Å². The standard InChI is InChI=1S/C13H24.H3N/c1-6-7-11-8-12(2,3)10-13(4,5)9-11;/h7H,6,8-10H2,1-5H3;1H3. The first-order valence-electron chi connectivity index (χ1n) is 5.53. The van der Waals surface area contributed by atoms with E-state index < -0.39 is 0 Å². The Balaban J connectivity index is 0.00000169. The van der Waals surface area contributed by atoms with Crippen LogP contribution in [0.4, 0.5) is 0 Å². The average molecular weight is 197 g/mol. The zero-order chi connectivity index (χ0) is 10.1. The molecule has 1 heteroatoms. The van der Waals surface area contributed by atoms with Crippen LogP contribution in [0.25, 0.3) is 0 Å². The van der Waals surface area contributed by atoms with Gasteiger partial charge in [0.1, 0.15) is 0 Å². The third-order valence-electron chi connectivity index (χ3n) is 2.86. The second kappa shape index (κ2) is 4.48. The van der Waals surface area contributed by atoms with Gasteiger partial charge in [0.05, 0.1) is 0 Å². The van der Waals surface area contributed by atoms with E-state index in [-0.39, 0.29) is 6.15 Å². The van der Waals surface area contributed by atoms with Crippen molar-refractivity contribution in [1.82, 2.24) is 6.15 Å². The third kappa shape index (κ3) is 3.83. The molecule has 1 nitrogen and oxygen atoms in total. The Morgan fingerprint density at radius 3 is 1.86 bits per heavy atom. The molecule has 0 aliphatic heterocycles. The lowest BCUT2D eigenvalue weighted by Crippen LogP contribution is -2.29. The first-order valence-corrected chi connectivity index (χ1v) is 5.53. The summed E-state index contributed by atoms with van der Waals surface area (Å²) >= 11 is 0. The Morgan fingerprint density at radius 2 is 1.50 bits per heavy atom. The molecule has 14 heavy (non-hydrogen) atoms. The zero-order valence-corrected chi connectivity index (χ0v) is 10.6. The van der Waals surface area contributed by atoms with Crippen molar-refractivity contribution in [2.75, 3.05) is 0 Å². The highest BCUT2D eigenvalue weighted by atomic mass is 14.4. The monoisotopic (exact) mass is 197 g/mol.